The Labute approximate surface area is 559 Å². The van der Waals surface area contributed by atoms with Crippen LogP contribution in [0.1, 0.15) is 59.2 Å². The zero-order chi connectivity index (χ0) is 67.5. The predicted molar refractivity (Wildman–Crippen MR) is 369 cm³/mol. The van der Waals surface area contributed by atoms with Crippen LogP contribution in [0.4, 0.5) is 21.5 Å². The highest BCUT2D eigenvalue weighted by Crippen LogP contribution is 2.35. The van der Waals surface area contributed by atoms with Gasteiger partial charge in [0.05, 0.1) is 46.4 Å². The van der Waals surface area contributed by atoms with E-state index >= 15 is 0 Å². The average Bonchev–Trinajstić information content (AvgIpc) is 1.04. The number of carbonyl (C=O) groups excluding carboxylic acids is 3. The van der Waals surface area contributed by atoms with Gasteiger partial charge in [-0.2, -0.15) is 15.8 Å². The molecular weight excluding hydrogens is 1260 g/mol. The number of aromatic amines is 1. The van der Waals surface area contributed by atoms with Gasteiger partial charge in [0.1, 0.15) is 46.4 Å². The molecule has 23 heteroatoms. The average molecular weight is 1320 g/mol. The number of carbonyl (C=O) groups is 3. The normalized spacial score (nSPS) is 14.0. The standard InChI is InChI=1S/C27H23FN4O3.C24H21N5O2.C22H18Cl2N4O2/c1-18-4-9-23-21(15-18)25(30-10-12-31(13-11-30)27(34)24-3-2-14-35-24)22(16-29)26(33)32(23)17-19-5-7-20(28)8-6-19;1-27-21-9-5-3-7-17(21)22(18(15-25)23(27)30)28-10-12-29(13-11-28)24(31)20-14-16-6-2-4-8-19(16)26-20;1-26-19-7-6-16(24)12-17(19)20(18(13-25)22(26)30)27-8-10-28(11-9-27)21(29)14-2-4-15(23)5-3-14/h2-9,14-15H,10-13,17H2,1H3;2-9,14,26H,10-13H2,1H3;2-7,12H,8-11H2,1H3. The number of rotatable bonds is 8. The second-order valence-electron chi connectivity index (χ2n) is 23.5. The third kappa shape index (κ3) is 12.7. The second kappa shape index (κ2) is 27.6. The Hall–Kier alpha value is -11.4. The van der Waals surface area contributed by atoms with Crippen LogP contribution in [-0.4, -0.2) is 130 Å². The molecule has 5 aromatic heterocycles. The van der Waals surface area contributed by atoms with Gasteiger partial charge in [0.25, 0.3) is 34.4 Å². The minimum Gasteiger partial charge on any atom is -0.459 e. The highest BCUT2D eigenvalue weighted by Gasteiger charge is 2.31. The lowest BCUT2D eigenvalue weighted by Crippen LogP contribution is -2.49. The van der Waals surface area contributed by atoms with E-state index in [9.17, 15) is 48.9 Å². The number of H-pyrrole nitrogens is 1. The molecule has 14 rings (SSSR count). The van der Waals surface area contributed by atoms with Gasteiger partial charge in [-0.1, -0.05) is 83.4 Å². The molecule has 20 nitrogen and oxygen atoms in total. The van der Waals surface area contributed by atoms with Crippen molar-refractivity contribution in [3.05, 3.63) is 250 Å². The SMILES string of the molecule is Cc1ccc2c(c1)c(N1CCN(C(=O)c3ccco3)CC1)c(C#N)c(=O)n2Cc1ccc(F)cc1.Cn1c(=O)c(C#N)c(N2CCN(C(=O)c3cc4ccccc4[nH]3)CC2)c2ccccc21.Cn1c(=O)c(C#N)c(N2CCN(C(=O)c3ccc(Cl)cc3)CC2)c2cc(Cl)ccc21. The van der Waals surface area contributed by atoms with E-state index in [4.69, 9.17) is 27.6 Å². The molecule has 6 aromatic carbocycles. The van der Waals surface area contributed by atoms with E-state index in [1.165, 1.54) is 27.5 Å². The summed E-state index contributed by atoms with van der Waals surface area (Å²) in [5.74, 6) is -0.334. The lowest BCUT2D eigenvalue weighted by Gasteiger charge is -2.37. The molecule has 3 amide bonds. The molecule has 3 fully saturated rings. The van der Waals surface area contributed by atoms with Crippen molar-refractivity contribution in [2.24, 2.45) is 14.1 Å². The van der Waals surface area contributed by atoms with Gasteiger partial charge in [-0.15, -0.1) is 0 Å². The molecule has 0 saturated carbocycles. The summed E-state index contributed by atoms with van der Waals surface area (Å²) in [6, 6.07) is 50.8. The molecule has 3 aliphatic rings. The van der Waals surface area contributed by atoms with Crippen LogP contribution in [0.2, 0.25) is 10.0 Å². The summed E-state index contributed by atoms with van der Waals surface area (Å²) in [4.78, 5) is 92.0. The van der Waals surface area contributed by atoms with Crippen molar-refractivity contribution in [2.45, 2.75) is 13.5 Å². The topological polar surface area (TPSA) is 237 Å². The molecule has 482 valence electrons. The van der Waals surface area contributed by atoms with Crippen LogP contribution in [0.3, 0.4) is 0 Å². The quantitative estimate of drug-likeness (QED) is 0.149. The fourth-order valence-electron chi connectivity index (χ4n) is 12.8. The van der Waals surface area contributed by atoms with Crippen LogP contribution in [0.25, 0.3) is 43.6 Å². The number of amides is 3. The molecular formula is C73H62Cl2FN13O7. The Kier molecular flexibility index (Phi) is 18.6. The van der Waals surface area contributed by atoms with E-state index in [-0.39, 0.29) is 57.9 Å². The molecule has 0 unspecified atom stereocenters. The lowest BCUT2D eigenvalue weighted by molar-refractivity contribution is 0.0712. The van der Waals surface area contributed by atoms with E-state index in [1.807, 2.05) is 94.4 Å². The smallest absolute Gasteiger partial charge is 0.289 e. The Morgan fingerprint density at radius 1 is 0.510 bits per heavy atom. The largest absolute Gasteiger partial charge is 0.459 e. The van der Waals surface area contributed by atoms with Crippen LogP contribution in [0.15, 0.2) is 177 Å². The van der Waals surface area contributed by atoms with Gasteiger partial charge in [-0.05, 0) is 110 Å². The Bertz CT molecular complexity index is 5140. The maximum Gasteiger partial charge on any atom is 0.289 e. The molecule has 0 aliphatic carbocycles. The number of aryl methyl sites for hydroxylation is 3. The molecule has 8 heterocycles. The second-order valence-corrected chi connectivity index (χ2v) is 24.4. The number of para-hydroxylation sites is 2. The number of hydrogen-bond donors (Lipinski definition) is 1. The lowest BCUT2D eigenvalue weighted by atomic mass is 10.0. The van der Waals surface area contributed by atoms with Crippen molar-refractivity contribution in [2.75, 3.05) is 93.2 Å². The Morgan fingerprint density at radius 3 is 1.58 bits per heavy atom. The number of piperazine rings is 3. The molecule has 0 atom stereocenters. The Morgan fingerprint density at radius 2 is 1.01 bits per heavy atom. The summed E-state index contributed by atoms with van der Waals surface area (Å²) in [5, 5.41) is 34.0. The van der Waals surface area contributed by atoms with Gasteiger partial charge < -0.3 is 52.5 Å². The number of hydrogen-bond acceptors (Lipinski definition) is 13. The zero-order valence-electron chi connectivity index (χ0n) is 52.6. The molecule has 3 saturated heterocycles. The first-order valence-corrected chi connectivity index (χ1v) is 31.8. The number of benzene rings is 6. The summed E-state index contributed by atoms with van der Waals surface area (Å²) in [6.45, 7) is 8.12. The molecule has 3 aliphatic heterocycles. The fourth-order valence-corrected chi connectivity index (χ4v) is 13.1. The van der Waals surface area contributed by atoms with E-state index < -0.39 is 5.56 Å². The maximum atomic E-state index is 13.5. The number of fused-ring (bicyclic) bond motifs is 4. The molecule has 96 heavy (non-hydrogen) atoms. The minimum atomic E-state index is -0.391. The van der Waals surface area contributed by atoms with Crippen molar-refractivity contribution < 1.29 is 23.2 Å². The van der Waals surface area contributed by atoms with Crippen molar-refractivity contribution in [3.8, 4) is 18.2 Å². The summed E-state index contributed by atoms with van der Waals surface area (Å²) in [6.07, 6.45) is 1.47. The zero-order valence-corrected chi connectivity index (χ0v) is 54.1. The minimum absolute atomic E-state index is 0.0369. The van der Waals surface area contributed by atoms with E-state index in [1.54, 1.807) is 95.2 Å². The first kappa shape index (κ1) is 64.7. The summed E-state index contributed by atoms with van der Waals surface area (Å²) >= 11 is 12.1. The van der Waals surface area contributed by atoms with Crippen molar-refractivity contribution in [1.82, 2.24) is 33.4 Å². The van der Waals surface area contributed by atoms with E-state index in [0.29, 0.717) is 134 Å². The van der Waals surface area contributed by atoms with Crippen molar-refractivity contribution in [3.63, 3.8) is 0 Å². The number of pyridine rings is 3. The van der Waals surface area contributed by atoms with E-state index in [2.05, 4.69) is 28.1 Å². The van der Waals surface area contributed by atoms with Crippen LogP contribution >= 0.6 is 23.2 Å². The molecule has 11 aromatic rings. The van der Waals surface area contributed by atoms with Gasteiger partial charge in [0.15, 0.2) is 5.76 Å². The number of nitrogens with zero attached hydrogens (tertiary/aromatic N) is 12. The van der Waals surface area contributed by atoms with Gasteiger partial charge in [0, 0.05) is 135 Å². The third-order valence-corrected chi connectivity index (χ3v) is 18.3. The van der Waals surface area contributed by atoms with Crippen LogP contribution in [0.5, 0.6) is 0 Å². The number of nitrogens with one attached hydrogen (secondary N) is 1. The third-order valence-electron chi connectivity index (χ3n) is 17.8. The van der Waals surface area contributed by atoms with Crippen LogP contribution in [0, 0.1) is 46.7 Å². The Balaban J connectivity index is 0.000000138. The van der Waals surface area contributed by atoms with Gasteiger partial charge in [-0.3, -0.25) is 28.8 Å². The summed E-state index contributed by atoms with van der Waals surface area (Å²) in [5.41, 5.74) is 7.16. The van der Waals surface area contributed by atoms with Crippen LogP contribution < -0.4 is 31.4 Å². The number of anilines is 3. The highest BCUT2D eigenvalue weighted by molar-refractivity contribution is 6.31. The monoisotopic (exact) mass is 1320 g/mol. The fraction of sp³-hybridized carbons (Fsp3) is 0.219. The first-order valence-electron chi connectivity index (χ1n) is 31.0. The summed E-state index contributed by atoms with van der Waals surface area (Å²) in [7, 11) is 3.33. The number of nitriles is 3. The molecule has 1 N–H and O–H groups in total. The van der Waals surface area contributed by atoms with Crippen LogP contribution in [-0.2, 0) is 20.6 Å². The van der Waals surface area contributed by atoms with E-state index in [0.717, 1.165) is 43.7 Å². The molecule has 0 spiro atoms. The number of aromatic nitrogens is 4. The van der Waals surface area contributed by atoms with Gasteiger partial charge in [0.2, 0.25) is 0 Å². The van der Waals surface area contributed by atoms with Crippen molar-refractivity contribution >= 4 is 102 Å². The highest BCUT2D eigenvalue weighted by atomic mass is 35.5. The number of furan rings is 1. The predicted octanol–water partition coefficient (Wildman–Crippen LogP) is 10.5. The van der Waals surface area contributed by atoms with Gasteiger partial charge >= 0.3 is 0 Å². The van der Waals surface area contributed by atoms with Crippen molar-refractivity contribution in [1.29, 1.82) is 15.8 Å². The van der Waals surface area contributed by atoms with Gasteiger partial charge in [-0.25, -0.2) is 4.39 Å². The first-order chi connectivity index (χ1) is 46.4. The summed E-state index contributed by atoms with van der Waals surface area (Å²) < 4.78 is 23.2. The maximum absolute atomic E-state index is 13.5. The number of halogens is 3. The molecule has 0 radical (unpaired) electrons. The molecule has 0 bridgehead atoms.